The Bertz CT molecular complexity index is 693. The summed E-state index contributed by atoms with van der Waals surface area (Å²) in [6.45, 7) is 3.12. The van der Waals surface area contributed by atoms with E-state index < -0.39 is 0 Å². The molecule has 0 aromatic heterocycles. The molecule has 1 aliphatic carbocycles. The SMILES string of the molecule is CCCC1CCC(COc2ccc3cc(C#N)ccc3c2)CC1. The molecular formula is C21H25NO. The summed E-state index contributed by atoms with van der Waals surface area (Å²) < 4.78 is 6.04. The van der Waals surface area contributed by atoms with Gasteiger partial charge in [-0.2, -0.15) is 5.26 Å². The van der Waals surface area contributed by atoms with Gasteiger partial charge in [0.1, 0.15) is 5.75 Å². The van der Waals surface area contributed by atoms with Gasteiger partial charge in [-0.05, 0) is 59.7 Å². The highest BCUT2D eigenvalue weighted by Crippen LogP contribution is 2.32. The van der Waals surface area contributed by atoms with E-state index in [1.165, 1.54) is 38.5 Å². The van der Waals surface area contributed by atoms with Crippen molar-refractivity contribution in [2.45, 2.75) is 45.4 Å². The Hall–Kier alpha value is -2.01. The monoisotopic (exact) mass is 307 g/mol. The first-order valence-corrected chi connectivity index (χ1v) is 8.85. The lowest BCUT2D eigenvalue weighted by Gasteiger charge is -2.28. The van der Waals surface area contributed by atoms with Gasteiger partial charge >= 0.3 is 0 Å². The van der Waals surface area contributed by atoms with E-state index in [0.29, 0.717) is 11.5 Å². The van der Waals surface area contributed by atoms with Crippen molar-refractivity contribution in [2.75, 3.05) is 6.61 Å². The number of rotatable bonds is 5. The maximum atomic E-state index is 8.96. The number of hydrogen-bond donors (Lipinski definition) is 0. The van der Waals surface area contributed by atoms with Crippen LogP contribution < -0.4 is 4.74 Å². The number of hydrogen-bond acceptors (Lipinski definition) is 2. The molecule has 0 atom stereocenters. The third-order valence-corrected chi connectivity index (χ3v) is 5.09. The van der Waals surface area contributed by atoms with Crippen LogP contribution in [0.25, 0.3) is 10.8 Å². The van der Waals surface area contributed by atoms with Gasteiger partial charge in [-0.25, -0.2) is 0 Å². The van der Waals surface area contributed by atoms with Gasteiger partial charge in [0.15, 0.2) is 0 Å². The minimum atomic E-state index is 0.704. The zero-order valence-corrected chi connectivity index (χ0v) is 13.9. The largest absolute Gasteiger partial charge is 0.493 e. The van der Waals surface area contributed by atoms with Crippen LogP contribution in [0.4, 0.5) is 0 Å². The second-order valence-corrected chi connectivity index (χ2v) is 6.82. The fourth-order valence-corrected chi connectivity index (χ4v) is 3.69. The van der Waals surface area contributed by atoms with E-state index in [1.54, 1.807) is 0 Å². The van der Waals surface area contributed by atoms with Crippen molar-refractivity contribution in [1.29, 1.82) is 5.26 Å². The van der Waals surface area contributed by atoms with Gasteiger partial charge in [0, 0.05) is 0 Å². The molecule has 0 unspecified atom stereocenters. The Kier molecular flexibility index (Phi) is 5.18. The van der Waals surface area contributed by atoms with Crippen molar-refractivity contribution >= 4 is 10.8 Å². The van der Waals surface area contributed by atoms with Gasteiger partial charge in [0.2, 0.25) is 0 Å². The lowest BCUT2D eigenvalue weighted by atomic mass is 9.80. The molecule has 0 amide bonds. The van der Waals surface area contributed by atoms with E-state index in [1.807, 2.05) is 30.3 Å². The average Bonchev–Trinajstić information content (AvgIpc) is 2.61. The number of benzene rings is 2. The van der Waals surface area contributed by atoms with E-state index >= 15 is 0 Å². The fraction of sp³-hybridized carbons (Fsp3) is 0.476. The lowest BCUT2D eigenvalue weighted by molar-refractivity contribution is 0.179. The molecule has 0 aliphatic heterocycles. The molecule has 1 saturated carbocycles. The number of nitrogens with zero attached hydrogens (tertiary/aromatic N) is 1. The highest BCUT2D eigenvalue weighted by atomic mass is 16.5. The van der Waals surface area contributed by atoms with Crippen molar-refractivity contribution in [2.24, 2.45) is 11.8 Å². The Labute approximate surface area is 139 Å². The van der Waals surface area contributed by atoms with Gasteiger partial charge < -0.3 is 4.74 Å². The van der Waals surface area contributed by atoms with Gasteiger partial charge in [-0.15, -0.1) is 0 Å². The number of fused-ring (bicyclic) bond motifs is 1. The van der Waals surface area contributed by atoms with Gasteiger partial charge in [-0.1, -0.05) is 44.7 Å². The second kappa shape index (κ2) is 7.51. The molecular weight excluding hydrogens is 282 g/mol. The molecule has 0 N–H and O–H groups in total. The molecule has 0 spiro atoms. The van der Waals surface area contributed by atoms with Crippen LogP contribution in [0.5, 0.6) is 5.75 Å². The van der Waals surface area contributed by atoms with Crippen LogP contribution in [-0.2, 0) is 0 Å². The van der Waals surface area contributed by atoms with Gasteiger partial charge in [0.05, 0.1) is 18.2 Å². The first-order valence-electron chi connectivity index (χ1n) is 8.85. The normalized spacial score (nSPS) is 21.0. The molecule has 0 radical (unpaired) electrons. The fourth-order valence-electron chi connectivity index (χ4n) is 3.69. The standard InChI is InChI=1S/C21H25NO/c1-2-3-16-4-6-17(7-5-16)15-23-21-11-10-19-12-18(14-22)8-9-20(19)13-21/h8-13,16-17H,2-7,15H2,1H3. The third kappa shape index (κ3) is 4.05. The molecule has 1 aliphatic rings. The quantitative estimate of drug-likeness (QED) is 0.710. The van der Waals surface area contributed by atoms with Crippen LogP contribution in [0.1, 0.15) is 51.0 Å². The highest BCUT2D eigenvalue weighted by Gasteiger charge is 2.20. The molecule has 0 saturated heterocycles. The highest BCUT2D eigenvalue weighted by molar-refractivity contribution is 5.85. The van der Waals surface area contributed by atoms with E-state index in [9.17, 15) is 0 Å². The molecule has 23 heavy (non-hydrogen) atoms. The van der Waals surface area contributed by atoms with Crippen LogP contribution in [0.15, 0.2) is 36.4 Å². The molecule has 2 aromatic carbocycles. The molecule has 120 valence electrons. The lowest BCUT2D eigenvalue weighted by Crippen LogP contribution is -2.20. The molecule has 2 nitrogen and oxygen atoms in total. The minimum absolute atomic E-state index is 0.704. The molecule has 3 rings (SSSR count). The van der Waals surface area contributed by atoms with Crippen molar-refractivity contribution in [1.82, 2.24) is 0 Å². The van der Waals surface area contributed by atoms with Crippen LogP contribution in [-0.4, -0.2) is 6.61 Å². The zero-order chi connectivity index (χ0) is 16.1. The summed E-state index contributed by atoms with van der Waals surface area (Å²) in [7, 11) is 0. The first-order chi connectivity index (χ1) is 11.3. The Morgan fingerprint density at radius 1 is 1.00 bits per heavy atom. The van der Waals surface area contributed by atoms with Crippen molar-refractivity contribution in [3.8, 4) is 11.8 Å². The summed E-state index contributed by atoms with van der Waals surface area (Å²) >= 11 is 0. The number of ether oxygens (including phenoxy) is 1. The number of nitriles is 1. The van der Waals surface area contributed by atoms with Crippen LogP contribution in [0.2, 0.25) is 0 Å². The molecule has 1 fully saturated rings. The van der Waals surface area contributed by atoms with Crippen molar-refractivity contribution in [3.63, 3.8) is 0 Å². The van der Waals surface area contributed by atoms with Gasteiger partial charge in [-0.3, -0.25) is 0 Å². The molecule has 2 aromatic rings. The summed E-state index contributed by atoms with van der Waals surface area (Å²) in [5, 5.41) is 11.2. The Morgan fingerprint density at radius 2 is 1.70 bits per heavy atom. The van der Waals surface area contributed by atoms with Crippen LogP contribution >= 0.6 is 0 Å². The maximum Gasteiger partial charge on any atom is 0.119 e. The summed E-state index contributed by atoms with van der Waals surface area (Å²) in [4.78, 5) is 0. The predicted molar refractivity (Wildman–Crippen MR) is 94.5 cm³/mol. The molecule has 2 heteroatoms. The maximum absolute atomic E-state index is 8.96. The zero-order valence-electron chi connectivity index (χ0n) is 13.9. The summed E-state index contributed by atoms with van der Waals surface area (Å²) in [6, 6.07) is 14.1. The topological polar surface area (TPSA) is 33.0 Å². The van der Waals surface area contributed by atoms with E-state index in [-0.39, 0.29) is 0 Å². The first kappa shape index (κ1) is 15.9. The summed E-state index contributed by atoms with van der Waals surface area (Å²) in [6.07, 6.45) is 8.07. The predicted octanol–water partition coefficient (Wildman–Crippen LogP) is 5.70. The van der Waals surface area contributed by atoms with Gasteiger partial charge in [0.25, 0.3) is 0 Å². The van der Waals surface area contributed by atoms with Crippen LogP contribution in [0.3, 0.4) is 0 Å². The Morgan fingerprint density at radius 3 is 2.43 bits per heavy atom. The second-order valence-electron chi connectivity index (χ2n) is 6.82. The third-order valence-electron chi connectivity index (χ3n) is 5.09. The van der Waals surface area contributed by atoms with Crippen LogP contribution in [0, 0.1) is 23.2 Å². The summed E-state index contributed by atoms with van der Waals surface area (Å²) in [5.74, 6) is 2.60. The smallest absolute Gasteiger partial charge is 0.119 e. The minimum Gasteiger partial charge on any atom is -0.493 e. The average molecular weight is 307 g/mol. The van der Waals surface area contributed by atoms with E-state index in [4.69, 9.17) is 10.00 Å². The Balaban J connectivity index is 1.57. The van der Waals surface area contributed by atoms with E-state index in [0.717, 1.165) is 29.0 Å². The van der Waals surface area contributed by atoms with Crippen molar-refractivity contribution < 1.29 is 4.74 Å². The van der Waals surface area contributed by atoms with E-state index in [2.05, 4.69) is 19.1 Å². The summed E-state index contributed by atoms with van der Waals surface area (Å²) in [5.41, 5.74) is 0.704. The molecule has 0 heterocycles. The molecule has 0 bridgehead atoms. The van der Waals surface area contributed by atoms with Crippen molar-refractivity contribution in [3.05, 3.63) is 42.0 Å².